The largest absolute Gasteiger partial charge is 0.490 e. The van der Waals surface area contributed by atoms with Crippen LogP contribution in [0, 0.1) is 21.4 Å². The maximum absolute atomic E-state index is 12.6. The number of nitro groups is 1. The number of hydrogen-bond acceptors (Lipinski definition) is 7. The van der Waals surface area contributed by atoms with Crippen molar-refractivity contribution in [2.24, 2.45) is 0 Å². The van der Waals surface area contributed by atoms with Gasteiger partial charge in [-0.3, -0.25) is 14.9 Å². The van der Waals surface area contributed by atoms with Gasteiger partial charge in [0.15, 0.2) is 11.5 Å². The van der Waals surface area contributed by atoms with Crippen molar-refractivity contribution in [3.63, 3.8) is 0 Å². The molecular formula is C26H20BrN3O7. The van der Waals surface area contributed by atoms with Gasteiger partial charge in [0, 0.05) is 17.8 Å². The number of ether oxygens (including phenoxy) is 2. The lowest BCUT2D eigenvalue weighted by atomic mass is 10.1. The fourth-order valence-corrected chi connectivity index (χ4v) is 3.76. The Morgan fingerprint density at radius 2 is 1.89 bits per heavy atom. The number of anilines is 1. The van der Waals surface area contributed by atoms with Gasteiger partial charge in [-0.2, -0.15) is 5.26 Å². The molecule has 0 aliphatic carbocycles. The number of nitrogens with zero attached hydrogens (tertiary/aromatic N) is 2. The minimum atomic E-state index is -1.02. The van der Waals surface area contributed by atoms with E-state index in [0.717, 1.165) is 5.56 Å². The highest BCUT2D eigenvalue weighted by molar-refractivity contribution is 9.10. The van der Waals surface area contributed by atoms with E-state index in [2.05, 4.69) is 21.2 Å². The summed E-state index contributed by atoms with van der Waals surface area (Å²) in [6.45, 7) is 2.25. The zero-order valence-electron chi connectivity index (χ0n) is 19.4. The summed E-state index contributed by atoms with van der Waals surface area (Å²) in [6, 6.07) is 16.7. The van der Waals surface area contributed by atoms with Crippen LogP contribution in [-0.4, -0.2) is 28.5 Å². The predicted octanol–water partition coefficient (Wildman–Crippen LogP) is 5.58. The molecule has 0 unspecified atom stereocenters. The number of nitriles is 1. The fourth-order valence-electron chi connectivity index (χ4n) is 3.18. The van der Waals surface area contributed by atoms with Crippen molar-refractivity contribution >= 4 is 45.3 Å². The van der Waals surface area contributed by atoms with Crippen LogP contribution in [-0.2, 0) is 11.4 Å². The number of nitrogens with one attached hydrogen (secondary N) is 1. The van der Waals surface area contributed by atoms with E-state index in [0.29, 0.717) is 28.1 Å². The van der Waals surface area contributed by atoms with E-state index >= 15 is 0 Å². The van der Waals surface area contributed by atoms with Gasteiger partial charge < -0.3 is 19.9 Å². The van der Waals surface area contributed by atoms with E-state index in [1.54, 1.807) is 31.2 Å². The van der Waals surface area contributed by atoms with Gasteiger partial charge in [0.05, 0.1) is 21.6 Å². The Morgan fingerprint density at radius 3 is 2.51 bits per heavy atom. The molecule has 3 rings (SSSR count). The monoisotopic (exact) mass is 565 g/mol. The van der Waals surface area contributed by atoms with Crippen LogP contribution in [0.25, 0.3) is 6.08 Å². The molecule has 1 amide bonds. The Bertz CT molecular complexity index is 1410. The van der Waals surface area contributed by atoms with Crippen molar-refractivity contribution in [3.05, 3.63) is 97.5 Å². The van der Waals surface area contributed by atoms with Crippen molar-refractivity contribution in [2.45, 2.75) is 13.5 Å². The number of benzene rings is 3. The predicted molar refractivity (Wildman–Crippen MR) is 138 cm³/mol. The van der Waals surface area contributed by atoms with Crippen molar-refractivity contribution in [1.29, 1.82) is 5.26 Å². The average Bonchev–Trinajstić information content (AvgIpc) is 2.87. The number of carboxylic acid groups (broad SMARTS) is 1. The minimum absolute atomic E-state index is 0.142. The summed E-state index contributed by atoms with van der Waals surface area (Å²) in [4.78, 5) is 34.0. The summed E-state index contributed by atoms with van der Waals surface area (Å²) < 4.78 is 12.1. The van der Waals surface area contributed by atoms with Crippen molar-refractivity contribution in [1.82, 2.24) is 0 Å². The third kappa shape index (κ3) is 7.16. The number of carbonyl (C=O) groups is 2. The lowest BCUT2D eigenvalue weighted by Gasteiger charge is -2.15. The molecule has 0 saturated heterocycles. The van der Waals surface area contributed by atoms with Gasteiger partial charge in [0.25, 0.3) is 11.6 Å². The summed E-state index contributed by atoms with van der Waals surface area (Å²) in [5.41, 5.74) is 1.13. The van der Waals surface area contributed by atoms with E-state index < -0.39 is 16.8 Å². The normalized spacial score (nSPS) is 10.8. The number of nitro benzene ring substituents is 1. The number of carboxylic acids is 1. The zero-order chi connectivity index (χ0) is 26.9. The molecule has 11 heteroatoms. The first-order valence-corrected chi connectivity index (χ1v) is 11.6. The Morgan fingerprint density at radius 1 is 1.16 bits per heavy atom. The van der Waals surface area contributed by atoms with Crippen LogP contribution in [0.5, 0.6) is 11.5 Å². The van der Waals surface area contributed by atoms with Gasteiger partial charge in [-0.1, -0.05) is 18.2 Å². The highest BCUT2D eigenvalue weighted by Crippen LogP contribution is 2.38. The summed E-state index contributed by atoms with van der Waals surface area (Å²) in [6.07, 6.45) is 1.36. The molecule has 0 aliphatic rings. The first-order chi connectivity index (χ1) is 17.7. The van der Waals surface area contributed by atoms with Crippen LogP contribution in [0.3, 0.4) is 0 Å². The second-order valence-electron chi connectivity index (χ2n) is 7.49. The standard InChI is InChI=1S/C26H20BrN3O7/c1-2-36-23-12-17(10-19(14-28)25(31)29-20-4-3-5-21(13-20)30(34)35)11-22(27)24(23)37-15-16-6-8-18(9-7-16)26(32)33/h3-13H,2,15H2,1H3,(H,29,31)(H,32,33)/b19-10+. The van der Waals surface area contributed by atoms with Crippen molar-refractivity contribution < 1.29 is 29.1 Å². The lowest BCUT2D eigenvalue weighted by Crippen LogP contribution is -2.13. The number of amides is 1. The highest BCUT2D eigenvalue weighted by atomic mass is 79.9. The molecular weight excluding hydrogens is 546 g/mol. The molecule has 188 valence electrons. The van der Waals surface area contributed by atoms with Crippen LogP contribution in [0.1, 0.15) is 28.4 Å². The smallest absolute Gasteiger partial charge is 0.335 e. The highest BCUT2D eigenvalue weighted by Gasteiger charge is 2.16. The quantitative estimate of drug-likeness (QED) is 0.140. The SMILES string of the molecule is CCOc1cc(/C=C(\C#N)C(=O)Nc2cccc([N+](=O)[O-])c2)cc(Br)c1OCc1ccc(C(=O)O)cc1. The summed E-state index contributed by atoms with van der Waals surface area (Å²) >= 11 is 3.44. The maximum atomic E-state index is 12.6. The second kappa shape index (κ2) is 12.3. The Kier molecular flexibility index (Phi) is 8.96. The van der Waals surface area contributed by atoms with Crippen LogP contribution in [0.4, 0.5) is 11.4 Å². The molecule has 0 atom stereocenters. The fraction of sp³-hybridized carbons (Fsp3) is 0.115. The minimum Gasteiger partial charge on any atom is -0.490 e. The van der Waals surface area contributed by atoms with E-state index in [4.69, 9.17) is 14.6 Å². The summed E-state index contributed by atoms with van der Waals surface area (Å²) in [5.74, 6) is -1.00. The topological polar surface area (TPSA) is 152 Å². The Labute approximate surface area is 220 Å². The summed E-state index contributed by atoms with van der Waals surface area (Å²) in [7, 11) is 0. The number of aromatic carboxylic acids is 1. The molecule has 37 heavy (non-hydrogen) atoms. The first-order valence-electron chi connectivity index (χ1n) is 10.8. The molecule has 0 aliphatic heterocycles. The number of non-ortho nitro benzene ring substituents is 1. The Hall–Kier alpha value is -4.69. The van der Waals surface area contributed by atoms with Gasteiger partial charge in [-0.25, -0.2) is 4.79 Å². The summed E-state index contributed by atoms with van der Waals surface area (Å²) in [5, 5.41) is 32.0. The zero-order valence-corrected chi connectivity index (χ0v) is 21.0. The molecule has 10 nitrogen and oxygen atoms in total. The number of halogens is 1. The van der Waals surface area contributed by atoms with Gasteiger partial charge in [0.1, 0.15) is 18.2 Å². The van der Waals surface area contributed by atoms with Crippen molar-refractivity contribution in [3.8, 4) is 17.6 Å². The van der Waals surface area contributed by atoms with E-state index in [1.807, 2.05) is 6.07 Å². The second-order valence-corrected chi connectivity index (χ2v) is 8.34. The molecule has 0 saturated carbocycles. The van der Waals surface area contributed by atoms with Crippen LogP contribution in [0.2, 0.25) is 0 Å². The number of hydrogen-bond donors (Lipinski definition) is 2. The van der Waals surface area contributed by atoms with Crippen molar-refractivity contribution in [2.75, 3.05) is 11.9 Å². The van der Waals surface area contributed by atoms with Gasteiger partial charge in [-0.05, 0) is 70.4 Å². The molecule has 0 spiro atoms. The molecule has 3 aromatic carbocycles. The molecule has 0 radical (unpaired) electrons. The van der Waals surface area contributed by atoms with E-state index in [1.165, 1.54) is 42.5 Å². The van der Waals surface area contributed by atoms with E-state index in [-0.39, 0.29) is 29.1 Å². The van der Waals surface area contributed by atoms with Crippen LogP contribution >= 0.6 is 15.9 Å². The molecule has 0 heterocycles. The average molecular weight is 566 g/mol. The maximum Gasteiger partial charge on any atom is 0.335 e. The molecule has 0 bridgehead atoms. The molecule has 3 aromatic rings. The molecule has 0 aromatic heterocycles. The Balaban J connectivity index is 1.82. The number of carbonyl (C=O) groups excluding carboxylic acids is 1. The first kappa shape index (κ1) is 26.9. The number of rotatable bonds is 10. The molecule has 0 fully saturated rings. The van der Waals surface area contributed by atoms with Gasteiger partial charge >= 0.3 is 5.97 Å². The van der Waals surface area contributed by atoms with Gasteiger partial charge in [0.2, 0.25) is 0 Å². The third-order valence-corrected chi connectivity index (χ3v) is 5.50. The van der Waals surface area contributed by atoms with E-state index in [9.17, 15) is 25.0 Å². The van der Waals surface area contributed by atoms with Gasteiger partial charge in [-0.15, -0.1) is 0 Å². The van der Waals surface area contributed by atoms with Crippen LogP contribution < -0.4 is 14.8 Å². The third-order valence-electron chi connectivity index (χ3n) is 4.91. The van der Waals surface area contributed by atoms with Crippen LogP contribution in [0.15, 0.2) is 70.7 Å². The molecule has 2 N–H and O–H groups in total. The lowest BCUT2D eigenvalue weighted by molar-refractivity contribution is -0.384.